The van der Waals surface area contributed by atoms with Crippen LogP contribution in [0.15, 0.2) is 4.90 Å². The smallest absolute Gasteiger partial charge is 0.249 e. The van der Waals surface area contributed by atoms with Crippen LogP contribution in [0, 0.1) is 0 Å². The number of aliphatic hydroxyl groups excluding tert-OH is 2. The van der Waals surface area contributed by atoms with Gasteiger partial charge in [-0.25, -0.2) is 12.7 Å². The van der Waals surface area contributed by atoms with Crippen LogP contribution in [0.3, 0.4) is 0 Å². The molecular weight excluding hydrogens is 292 g/mol. The van der Waals surface area contributed by atoms with Crippen LogP contribution in [-0.4, -0.2) is 66.7 Å². The van der Waals surface area contributed by atoms with E-state index in [-0.39, 0.29) is 23.8 Å². The Labute approximate surface area is 115 Å². The summed E-state index contributed by atoms with van der Waals surface area (Å²) >= 11 is 0.945. The Hall–Kier alpha value is -0.940. The molecule has 0 spiro atoms. The highest BCUT2D eigenvalue weighted by Crippen LogP contribution is 2.37. The standard InChI is InChI=1S/C9H16N4O4S2/c1-12(2)19(16,17)7-8(10)11-18-9(7)13-3-5(14)6(15)4-13/h5-6,14-15H,3-4H2,1-2H3,(H2,10,11). The number of aromatic nitrogens is 1. The van der Waals surface area contributed by atoms with Gasteiger partial charge in [0.05, 0.1) is 12.2 Å². The van der Waals surface area contributed by atoms with E-state index >= 15 is 0 Å². The first-order chi connectivity index (χ1) is 8.75. The lowest BCUT2D eigenvalue weighted by atomic mass is 10.3. The lowest BCUT2D eigenvalue weighted by Crippen LogP contribution is -2.27. The molecule has 2 unspecified atom stereocenters. The van der Waals surface area contributed by atoms with Gasteiger partial charge in [0.15, 0.2) is 10.7 Å². The molecule has 0 aromatic carbocycles. The van der Waals surface area contributed by atoms with Crippen molar-refractivity contribution in [1.29, 1.82) is 0 Å². The molecule has 1 aliphatic heterocycles. The fourth-order valence-electron chi connectivity index (χ4n) is 1.85. The topological polar surface area (TPSA) is 120 Å². The Morgan fingerprint density at radius 1 is 1.37 bits per heavy atom. The van der Waals surface area contributed by atoms with Crippen molar-refractivity contribution in [2.75, 3.05) is 37.8 Å². The first kappa shape index (κ1) is 14.5. The number of rotatable bonds is 3. The third kappa shape index (κ3) is 2.41. The molecule has 4 N–H and O–H groups in total. The molecule has 19 heavy (non-hydrogen) atoms. The van der Waals surface area contributed by atoms with E-state index in [1.165, 1.54) is 14.1 Å². The van der Waals surface area contributed by atoms with Gasteiger partial charge in [0.1, 0.15) is 5.00 Å². The van der Waals surface area contributed by atoms with Crippen LogP contribution >= 0.6 is 11.5 Å². The summed E-state index contributed by atoms with van der Waals surface area (Å²) < 4.78 is 29.4. The normalized spacial score (nSPS) is 24.4. The van der Waals surface area contributed by atoms with Gasteiger partial charge in [-0.1, -0.05) is 0 Å². The van der Waals surface area contributed by atoms with Gasteiger partial charge in [0, 0.05) is 27.2 Å². The van der Waals surface area contributed by atoms with Crippen LogP contribution in [-0.2, 0) is 10.0 Å². The maximum atomic E-state index is 12.2. The highest BCUT2D eigenvalue weighted by molar-refractivity contribution is 7.89. The molecule has 8 nitrogen and oxygen atoms in total. The van der Waals surface area contributed by atoms with Crippen LogP contribution in [0.25, 0.3) is 0 Å². The fraction of sp³-hybridized carbons (Fsp3) is 0.667. The number of nitrogen functional groups attached to an aromatic ring is 1. The lowest BCUT2D eigenvalue weighted by molar-refractivity contribution is 0.0572. The van der Waals surface area contributed by atoms with Gasteiger partial charge < -0.3 is 20.8 Å². The number of anilines is 2. The van der Waals surface area contributed by atoms with Crippen molar-refractivity contribution in [1.82, 2.24) is 8.68 Å². The van der Waals surface area contributed by atoms with Crippen LogP contribution in [0.5, 0.6) is 0 Å². The number of hydrogen-bond donors (Lipinski definition) is 3. The van der Waals surface area contributed by atoms with E-state index in [0.717, 1.165) is 15.8 Å². The summed E-state index contributed by atoms with van der Waals surface area (Å²) in [4.78, 5) is 1.52. The molecule has 0 aliphatic carbocycles. The molecule has 0 saturated carbocycles. The minimum Gasteiger partial charge on any atom is -0.389 e. The maximum absolute atomic E-state index is 12.2. The monoisotopic (exact) mass is 308 g/mol. The fourth-order valence-corrected chi connectivity index (χ4v) is 4.09. The van der Waals surface area contributed by atoms with Gasteiger partial charge in [-0.05, 0) is 11.5 Å². The van der Waals surface area contributed by atoms with Crippen LogP contribution in [0.2, 0.25) is 0 Å². The zero-order valence-corrected chi connectivity index (χ0v) is 12.1. The Morgan fingerprint density at radius 3 is 2.37 bits per heavy atom. The van der Waals surface area contributed by atoms with Crippen LogP contribution in [0.1, 0.15) is 0 Å². The molecule has 1 aromatic rings. The largest absolute Gasteiger partial charge is 0.389 e. The zero-order valence-electron chi connectivity index (χ0n) is 10.5. The summed E-state index contributed by atoms with van der Waals surface area (Å²) in [6.45, 7) is 0.303. The van der Waals surface area contributed by atoms with E-state index in [0.29, 0.717) is 5.00 Å². The first-order valence-electron chi connectivity index (χ1n) is 5.54. The van der Waals surface area contributed by atoms with E-state index in [9.17, 15) is 18.6 Å². The molecule has 0 radical (unpaired) electrons. The Kier molecular flexibility index (Phi) is 3.71. The Balaban J connectivity index is 2.45. The van der Waals surface area contributed by atoms with Crippen molar-refractivity contribution in [2.24, 2.45) is 0 Å². The minimum atomic E-state index is -3.72. The molecule has 2 rings (SSSR count). The molecular formula is C9H16N4O4S2. The highest BCUT2D eigenvalue weighted by atomic mass is 32.2. The van der Waals surface area contributed by atoms with Crippen molar-refractivity contribution >= 4 is 32.4 Å². The quantitative estimate of drug-likeness (QED) is 0.622. The summed E-state index contributed by atoms with van der Waals surface area (Å²) in [7, 11) is -0.903. The Morgan fingerprint density at radius 2 is 1.89 bits per heavy atom. The first-order valence-corrected chi connectivity index (χ1v) is 7.75. The number of nitrogens with two attached hydrogens (primary N) is 1. The third-order valence-corrected chi connectivity index (χ3v) is 5.87. The molecule has 2 atom stereocenters. The van der Waals surface area contributed by atoms with E-state index in [1.807, 2.05) is 0 Å². The zero-order chi connectivity index (χ0) is 14.4. The molecule has 108 valence electrons. The maximum Gasteiger partial charge on any atom is 0.249 e. The number of nitrogens with zero attached hydrogens (tertiary/aromatic N) is 3. The Bertz CT molecular complexity index is 561. The van der Waals surface area contributed by atoms with E-state index in [1.54, 1.807) is 4.90 Å². The number of hydrogen-bond acceptors (Lipinski definition) is 8. The third-order valence-electron chi connectivity index (χ3n) is 2.94. The molecule has 2 heterocycles. The van der Waals surface area contributed by atoms with Crippen molar-refractivity contribution in [2.45, 2.75) is 17.1 Å². The van der Waals surface area contributed by atoms with Crippen molar-refractivity contribution in [3.63, 3.8) is 0 Å². The number of sulfonamides is 1. The van der Waals surface area contributed by atoms with Crippen LogP contribution in [0.4, 0.5) is 10.8 Å². The lowest BCUT2D eigenvalue weighted by Gasteiger charge is -2.18. The van der Waals surface area contributed by atoms with Gasteiger partial charge in [-0.3, -0.25) is 0 Å². The van der Waals surface area contributed by atoms with E-state index < -0.39 is 22.2 Å². The van der Waals surface area contributed by atoms with Gasteiger partial charge in [-0.15, -0.1) is 0 Å². The van der Waals surface area contributed by atoms with Crippen LogP contribution < -0.4 is 10.6 Å². The number of β-amino-alcohol motifs (C(OH)–C–C–N with tert-alkyl or cyclic N) is 2. The van der Waals surface area contributed by atoms with Gasteiger partial charge in [-0.2, -0.15) is 4.37 Å². The van der Waals surface area contributed by atoms with E-state index in [4.69, 9.17) is 5.73 Å². The highest BCUT2D eigenvalue weighted by Gasteiger charge is 2.36. The van der Waals surface area contributed by atoms with E-state index in [2.05, 4.69) is 4.37 Å². The summed E-state index contributed by atoms with van der Waals surface area (Å²) in [5.41, 5.74) is 5.64. The summed E-state index contributed by atoms with van der Waals surface area (Å²) in [5.74, 6) is -0.0652. The average molecular weight is 308 g/mol. The van der Waals surface area contributed by atoms with Crippen molar-refractivity contribution < 1.29 is 18.6 Å². The second kappa shape index (κ2) is 4.87. The molecule has 0 amide bonds. The second-order valence-corrected chi connectivity index (χ2v) is 7.37. The summed E-state index contributed by atoms with van der Waals surface area (Å²) in [5, 5.41) is 19.4. The molecule has 10 heteroatoms. The molecule has 0 bridgehead atoms. The summed E-state index contributed by atoms with van der Waals surface area (Å²) in [6, 6.07) is 0. The van der Waals surface area contributed by atoms with Crippen molar-refractivity contribution in [3.05, 3.63) is 0 Å². The SMILES string of the molecule is CN(C)S(=O)(=O)c1c(N)nsc1N1CC(O)C(O)C1. The minimum absolute atomic E-state index is 0.0652. The second-order valence-electron chi connectivity index (χ2n) is 4.53. The summed E-state index contributed by atoms with van der Waals surface area (Å²) in [6.07, 6.45) is -1.81. The predicted molar refractivity (Wildman–Crippen MR) is 71.6 cm³/mol. The van der Waals surface area contributed by atoms with Gasteiger partial charge >= 0.3 is 0 Å². The molecule has 1 aliphatic rings. The predicted octanol–water partition coefficient (Wildman–Crippen LogP) is -1.48. The van der Waals surface area contributed by atoms with Gasteiger partial charge in [0.2, 0.25) is 10.0 Å². The molecule has 1 fully saturated rings. The van der Waals surface area contributed by atoms with Crippen molar-refractivity contribution in [3.8, 4) is 0 Å². The average Bonchev–Trinajstić information content (AvgIpc) is 2.83. The molecule has 1 saturated heterocycles. The number of aliphatic hydroxyl groups is 2. The van der Waals surface area contributed by atoms with Gasteiger partial charge in [0.25, 0.3) is 0 Å². The molecule has 1 aromatic heterocycles.